The van der Waals surface area contributed by atoms with Gasteiger partial charge in [-0.3, -0.25) is 0 Å². The predicted molar refractivity (Wildman–Crippen MR) is 65.8 cm³/mol. The zero-order valence-electron chi connectivity index (χ0n) is 9.84. The molecule has 1 N–H and O–H groups in total. The molecule has 0 radical (unpaired) electrons. The third-order valence-electron chi connectivity index (χ3n) is 4.84. The van der Waals surface area contributed by atoms with Crippen molar-refractivity contribution in [2.45, 2.75) is 72.8 Å². The first-order valence-electron chi connectivity index (χ1n) is 6.12. The van der Waals surface area contributed by atoms with E-state index in [1.807, 2.05) is 0 Å². The Balaban J connectivity index is 0.00000112. The van der Waals surface area contributed by atoms with Crippen LogP contribution in [0.4, 0.5) is 0 Å². The van der Waals surface area contributed by atoms with Crippen LogP contribution < -0.4 is 0 Å². The van der Waals surface area contributed by atoms with Gasteiger partial charge in [-0.25, -0.2) is 0 Å². The Morgan fingerprint density at radius 1 is 1.07 bits per heavy atom. The summed E-state index contributed by atoms with van der Waals surface area (Å²) in [5, 5.41) is 9.78. The Morgan fingerprint density at radius 3 is 2.40 bits per heavy atom. The lowest BCUT2D eigenvalue weighted by atomic mass is 9.51. The molecule has 0 bridgehead atoms. The Labute approximate surface area is 95.3 Å². The Kier molecular flexibility index (Phi) is 3.55. The van der Waals surface area contributed by atoms with Gasteiger partial charge in [0, 0.05) is 0 Å². The summed E-state index contributed by atoms with van der Waals surface area (Å²) in [6.45, 7) is 7.25. The van der Waals surface area contributed by atoms with Gasteiger partial charge in [-0.05, 0) is 48.9 Å². The van der Waals surface area contributed by atoms with Gasteiger partial charge in [-0.2, -0.15) is 0 Å². The Bertz CT molecular complexity index is 221. The predicted octanol–water partition coefficient (Wildman–Crippen LogP) is 4.00. The molecule has 3 unspecified atom stereocenters. The fourth-order valence-corrected chi connectivity index (χ4v) is 4.22. The highest BCUT2D eigenvalue weighted by Gasteiger charge is 2.48. The van der Waals surface area contributed by atoms with Crippen LogP contribution in [0.3, 0.4) is 0 Å². The van der Waals surface area contributed by atoms with Crippen molar-refractivity contribution in [1.82, 2.24) is 0 Å². The largest absolute Gasteiger partial charge is 0.393 e. The third kappa shape index (κ3) is 2.22. The Morgan fingerprint density at radius 2 is 1.73 bits per heavy atom. The Hall–Kier alpha value is -0.0400. The van der Waals surface area contributed by atoms with Crippen molar-refractivity contribution in [2.75, 3.05) is 0 Å². The van der Waals surface area contributed by atoms with Gasteiger partial charge in [0.05, 0.1) is 6.10 Å². The molecule has 0 aromatic heterocycles. The molecule has 3 atom stereocenters. The highest BCUT2D eigenvalue weighted by Crippen LogP contribution is 2.57. The molecule has 2 aliphatic rings. The minimum atomic E-state index is -0.0230. The molecule has 2 aliphatic carbocycles. The second kappa shape index (κ2) is 4.08. The number of rotatable bonds is 0. The normalized spacial score (nSPS) is 44.0. The summed E-state index contributed by atoms with van der Waals surface area (Å²) in [7, 11) is 0. The lowest BCUT2D eigenvalue weighted by Crippen LogP contribution is -2.47. The first-order valence-corrected chi connectivity index (χ1v) is 6.12. The van der Waals surface area contributed by atoms with Gasteiger partial charge in [0.2, 0.25) is 0 Å². The van der Waals surface area contributed by atoms with Crippen LogP contribution >= 0.6 is 0 Å². The minimum absolute atomic E-state index is 0. The van der Waals surface area contributed by atoms with Crippen molar-refractivity contribution in [2.24, 2.45) is 16.7 Å². The van der Waals surface area contributed by atoms with E-state index >= 15 is 0 Å². The van der Waals surface area contributed by atoms with Crippen molar-refractivity contribution in [1.29, 1.82) is 0 Å². The van der Waals surface area contributed by atoms with E-state index in [9.17, 15) is 5.11 Å². The van der Waals surface area contributed by atoms with Crippen molar-refractivity contribution in [3.8, 4) is 0 Å². The van der Waals surface area contributed by atoms with Crippen LogP contribution in [0.25, 0.3) is 0 Å². The molecule has 1 heteroatoms. The van der Waals surface area contributed by atoms with E-state index in [-0.39, 0.29) is 13.5 Å². The topological polar surface area (TPSA) is 20.2 Å². The first-order chi connectivity index (χ1) is 6.44. The summed E-state index contributed by atoms with van der Waals surface area (Å²) in [4.78, 5) is 0. The molecule has 2 fully saturated rings. The second-order valence-corrected chi connectivity index (χ2v) is 6.48. The number of fused-ring (bicyclic) bond motifs is 1. The van der Waals surface area contributed by atoms with Gasteiger partial charge >= 0.3 is 0 Å². The van der Waals surface area contributed by atoms with Gasteiger partial charge < -0.3 is 5.11 Å². The van der Waals surface area contributed by atoms with Gasteiger partial charge in [0.25, 0.3) is 0 Å². The monoisotopic (exact) mass is 212 g/mol. The van der Waals surface area contributed by atoms with Crippen molar-refractivity contribution < 1.29 is 5.11 Å². The summed E-state index contributed by atoms with van der Waals surface area (Å²) in [5.74, 6) is 0.840. The molecule has 2 saturated carbocycles. The number of hydrogen-bond donors (Lipinski definition) is 1. The van der Waals surface area contributed by atoms with Gasteiger partial charge in [0.15, 0.2) is 0 Å². The second-order valence-electron chi connectivity index (χ2n) is 6.48. The smallest absolute Gasteiger partial charge is 0.0545 e. The molecule has 0 saturated heterocycles. The number of aliphatic hydroxyl groups excluding tert-OH is 1. The van der Waals surface area contributed by atoms with E-state index in [1.165, 1.54) is 25.7 Å². The maximum Gasteiger partial charge on any atom is 0.0545 e. The average Bonchev–Trinajstić information content (AvgIpc) is 2.00. The van der Waals surface area contributed by atoms with Crippen LogP contribution in [0.5, 0.6) is 0 Å². The van der Waals surface area contributed by atoms with E-state index in [4.69, 9.17) is 0 Å². The molecule has 0 aromatic carbocycles. The van der Waals surface area contributed by atoms with Crippen LogP contribution in [-0.2, 0) is 0 Å². The van der Waals surface area contributed by atoms with Crippen LogP contribution in [-0.4, -0.2) is 11.2 Å². The summed E-state index contributed by atoms with van der Waals surface area (Å²) in [6, 6.07) is 0. The summed E-state index contributed by atoms with van der Waals surface area (Å²) in [6.07, 6.45) is 7.36. The summed E-state index contributed by atoms with van der Waals surface area (Å²) in [5.41, 5.74) is 0.937. The number of aliphatic hydroxyl groups is 1. The van der Waals surface area contributed by atoms with Gasteiger partial charge in [-0.1, -0.05) is 34.6 Å². The van der Waals surface area contributed by atoms with Gasteiger partial charge in [-0.15, -0.1) is 0 Å². The molecule has 0 heterocycles. The van der Waals surface area contributed by atoms with E-state index < -0.39 is 0 Å². The molecule has 0 aliphatic heterocycles. The SMILES string of the molecule is C.CC1(C)CCCC2(C)CC(O)CCC12. The quantitative estimate of drug-likeness (QED) is 0.643. The fraction of sp³-hybridized carbons (Fsp3) is 1.00. The summed E-state index contributed by atoms with van der Waals surface area (Å²) < 4.78 is 0. The van der Waals surface area contributed by atoms with Gasteiger partial charge in [0.1, 0.15) is 0 Å². The van der Waals surface area contributed by atoms with Crippen LogP contribution in [0.15, 0.2) is 0 Å². The molecule has 0 aromatic rings. The summed E-state index contributed by atoms with van der Waals surface area (Å²) >= 11 is 0. The van der Waals surface area contributed by atoms with E-state index in [2.05, 4.69) is 20.8 Å². The molecule has 90 valence electrons. The molecule has 2 rings (SSSR count). The highest BCUT2D eigenvalue weighted by molar-refractivity contribution is 4.99. The molecular formula is C14H28O. The van der Waals surface area contributed by atoms with Crippen molar-refractivity contribution >= 4 is 0 Å². The number of hydrogen-bond acceptors (Lipinski definition) is 1. The molecule has 1 nitrogen and oxygen atoms in total. The molecule has 0 amide bonds. The maximum atomic E-state index is 9.78. The van der Waals surface area contributed by atoms with E-state index in [0.717, 1.165) is 18.8 Å². The highest BCUT2D eigenvalue weighted by atomic mass is 16.3. The zero-order valence-corrected chi connectivity index (χ0v) is 9.84. The van der Waals surface area contributed by atoms with Crippen molar-refractivity contribution in [3.05, 3.63) is 0 Å². The average molecular weight is 212 g/mol. The third-order valence-corrected chi connectivity index (χ3v) is 4.84. The lowest BCUT2D eigenvalue weighted by molar-refractivity contribution is -0.0731. The lowest BCUT2D eigenvalue weighted by Gasteiger charge is -2.54. The van der Waals surface area contributed by atoms with Crippen molar-refractivity contribution in [3.63, 3.8) is 0 Å². The maximum absolute atomic E-state index is 9.78. The van der Waals surface area contributed by atoms with E-state index in [1.54, 1.807) is 0 Å². The van der Waals surface area contributed by atoms with Crippen LogP contribution in [0, 0.1) is 16.7 Å². The zero-order chi connectivity index (χ0) is 10.4. The van der Waals surface area contributed by atoms with Crippen LogP contribution in [0.1, 0.15) is 66.7 Å². The fourth-order valence-electron chi connectivity index (χ4n) is 4.22. The van der Waals surface area contributed by atoms with E-state index in [0.29, 0.717) is 10.8 Å². The minimum Gasteiger partial charge on any atom is -0.393 e. The first kappa shape index (κ1) is 13.0. The molecule has 15 heavy (non-hydrogen) atoms. The molecule has 0 spiro atoms. The van der Waals surface area contributed by atoms with Crippen LogP contribution in [0.2, 0.25) is 0 Å². The standard InChI is InChI=1S/C13H24O.CH4/c1-12(2)7-4-8-13(3)9-10(14)5-6-11(12)13;/h10-11,14H,4-9H2,1-3H3;1H4. The molecular weight excluding hydrogens is 184 g/mol.